The van der Waals surface area contributed by atoms with Gasteiger partial charge in [-0.25, -0.2) is 0 Å². The van der Waals surface area contributed by atoms with Gasteiger partial charge in [0.15, 0.2) is 0 Å². The van der Waals surface area contributed by atoms with E-state index >= 15 is 0 Å². The number of nitrogens with one attached hydrogen (secondary N) is 1. The highest BCUT2D eigenvalue weighted by molar-refractivity contribution is 5.89. The van der Waals surface area contributed by atoms with E-state index in [0.717, 1.165) is 51.4 Å². The van der Waals surface area contributed by atoms with Gasteiger partial charge in [0.1, 0.15) is 6.29 Å². The first-order valence-corrected chi connectivity index (χ1v) is 7.03. The van der Waals surface area contributed by atoms with Gasteiger partial charge in [0.25, 0.3) is 0 Å². The smallest absolute Gasteiger partial charge is 0.241 e. The molecule has 1 N–H and O–H groups in total. The zero-order valence-electron chi connectivity index (χ0n) is 11.5. The average Bonchev–Trinajstić information content (AvgIpc) is 2.72. The van der Waals surface area contributed by atoms with Crippen molar-refractivity contribution in [3.63, 3.8) is 0 Å². The predicted octanol–water partition coefficient (Wildman–Crippen LogP) is 1.49. The van der Waals surface area contributed by atoms with Crippen LogP contribution in [0.1, 0.15) is 51.9 Å². The number of aldehydes is 1. The van der Waals surface area contributed by atoms with E-state index < -0.39 is 11.1 Å². The molecular weight excluding hydrogens is 228 g/mol. The Bertz CT molecular complexity index is 337. The molecular formula is C14H24N2O2. The molecule has 102 valence electrons. The van der Waals surface area contributed by atoms with Crippen molar-refractivity contribution in [2.75, 3.05) is 13.6 Å². The molecule has 1 aliphatic heterocycles. The summed E-state index contributed by atoms with van der Waals surface area (Å²) in [6.07, 6.45) is 7.71. The van der Waals surface area contributed by atoms with Crippen LogP contribution in [0.15, 0.2) is 0 Å². The molecule has 0 aromatic heterocycles. The number of rotatable bonds is 3. The Hall–Kier alpha value is -0.900. The van der Waals surface area contributed by atoms with E-state index in [9.17, 15) is 9.59 Å². The fourth-order valence-corrected chi connectivity index (χ4v) is 3.20. The standard InChI is InChI=1S/C14H24N2O2/c1-13(7-6-10-16(13)2)12(18)15-14(11-17)8-4-3-5-9-14/h11H,3-10H2,1-2H3,(H,15,18)/t13-/m0/s1. The molecule has 18 heavy (non-hydrogen) atoms. The lowest BCUT2D eigenvalue weighted by molar-refractivity contribution is -0.135. The van der Waals surface area contributed by atoms with E-state index in [1.54, 1.807) is 0 Å². The maximum atomic E-state index is 12.5. The maximum absolute atomic E-state index is 12.5. The Morgan fingerprint density at radius 3 is 2.33 bits per heavy atom. The Morgan fingerprint density at radius 2 is 1.83 bits per heavy atom. The van der Waals surface area contributed by atoms with Crippen LogP contribution < -0.4 is 5.32 Å². The fourth-order valence-electron chi connectivity index (χ4n) is 3.20. The van der Waals surface area contributed by atoms with Crippen LogP contribution in [-0.4, -0.2) is 41.8 Å². The van der Waals surface area contributed by atoms with E-state index in [4.69, 9.17) is 0 Å². The van der Waals surface area contributed by atoms with Crippen LogP contribution >= 0.6 is 0 Å². The van der Waals surface area contributed by atoms with Crippen molar-refractivity contribution in [3.8, 4) is 0 Å². The minimum Gasteiger partial charge on any atom is -0.342 e. The van der Waals surface area contributed by atoms with Gasteiger partial charge < -0.3 is 10.1 Å². The lowest BCUT2D eigenvalue weighted by Gasteiger charge is -2.38. The van der Waals surface area contributed by atoms with Crippen molar-refractivity contribution in [2.45, 2.75) is 62.9 Å². The van der Waals surface area contributed by atoms with Crippen molar-refractivity contribution in [1.82, 2.24) is 10.2 Å². The van der Waals surface area contributed by atoms with Gasteiger partial charge >= 0.3 is 0 Å². The van der Waals surface area contributed by atoms with Crippen molar-refractivity contribution in [2.24, 2.45) is 0 Å². The number of likely N-dealkylation sites (N-methyl/N-ethyl adjacent to an activating group) is 1. The lowest BCUT2D eigenvalue weighted by Crippen LogP contribution is -2.60. The van der Waals surface area contributed by atoms with E-state index in [2.05, 4.69) is 10.2 Å². The van der Waals surface area contributed by atoms with Gasteiger partial charge in [0, 0.05) is 0 Å². The van der Waals surface area contributed by atoms with E-state index in [1.807, 2.05) is 14.0 Å². The number of amides is 1. The van der Waals surface area contributed by atoms with Gasteiger partial charge in [-0.05, 0) is 46.2 Å². The van der Waals surface area contributed by atoms with Gasteiger partial charge in [-0.1, -0.05) is 19.3 Å². The number of hydrogen-bond acceptors (Lipinski definition) is 3. The van der Waals surface area contributed by atoms with E-state index in [1.165, 1.54) is 6.42 Å². The first-order valence-electron chi connectivity index (χ1n) is 7.03. The Morgan fingerprint density at radius 1 is 1.17 bits per heavy atom. The van der Waals surface area contributed by atoms with Crippen LogP contribution in [0.25, 0.3) is 0 Å². The van der Waals surface area contributed by atoms with E-state index in [0.29, 0.717) is 0 Å². The summed E-state index contributed by atoms with van der Waals surface area (Å²) in [4.78, 5) is 26.0. The third-order valence-corrected chi connectivity index (χ3v) is 4.82. The van der Waals surface area contributed by atoms with E-state index in [-0.39, 0.29) is 5.91 Å². The van der Waals surface area contributed by atoms with Gasteiger partial charge in [0.05, 0.1) is 11.1 Å². The molecule has 1 heterocycles. The summed E-state index contributed by atoms with van der Waals surface area (Å²) in [5.74, 6) is 0.0245. The normalized spacial score (nSPS) is 32.1. The number of nitrogens with zero attached hydrogens (tertiary/aromatic N) is 1. The van der Waals surface area contributed by atoms with Crippen LogP contribution in [0, 0.1) is 0 Å². The quantitative estimate of drug-likeness (QED) is 0.774. The summed E-state index contributed by atoms with van der Waals surface area (Å²) in [6, 6.07) is 0. The van der Waals surface area contributed by atoms with Gasteiger partial charge in [-0.3, -0.25) is 9.69 Å². The fraction of sp³-hybridized carbons (Fsp3) is 0.857. The average molecular weight is 252 g/mol. The Balaban J connectivity index is 2.07. The Kier molecular flexibility index (Phi) is 3.76. The summed E-state index contributed by atoms with van der Waals surface area (Å²) < 4.78 is 0. The molecule has 0 unspecified atom stereocenters. The molecule has 0 aromatic carbocycles. The maximum Gasteiger partial charge on any atom is 0.241 e. The molecule has 0 spiro atoms. The molecule has 2 rings (SSSR count). The highest BCUT2D eigenvalue weighted by Gasteiger charge is 2.44. The third kappa shape index (κ3) is 2.30. The molecule has 1 amide bonds. The molecule has 1 saturated heterocycles. The van der Waals surface area contributed by atoms with Crippen molar-refractivity contribution >= 4 is 12.2 Å². The van der Waals surface area contributed by atoms with Crippen LogP contribution in [0.4, 0.5) is 0 Å². The number of carbonyl (C=O) groups is 2. The second-order valence-electron chi connectivity index (χ2n) is 6.09. The zero-order chi connectivity index (χ0) is 13.2. The predicted molar refractivity (Wildman–Crippen MR) is 70.3 cm³/mol. The van der Waals surface area contributed by atoms with Crippen LogP contribution in [-0.2, 0) is 9.59 Å². The summed E-state index contributed by atoms with van der Waals surface area (Å²) in [6.45, 7) is 2.94. The molecule has 0 bridgehead atoms. The second-order valence-corrected chi connectivity index (χ2v) is 6.09. The third-order valence-electron chi connectivity index (χ3n) is 4.82. The van der Waals surface area contributed by atoms with Gasteiger partial charge in [0.2, 0.25) is 5.91 Å². The highest BCUT2D eigenvalue weighted by atomic mass is 16.2. The molecule has 2 aliphatic rings. The molecule has 0 aromatic rings. The molecule has 2 fully saturated rings. The largest absolute Gasteiger partial charge is 0.342 e. The summed E-state index contributed by atoms with van der Waals surface area (Å²) >= 11 is 0. The zero-order valence-corrected chi connectivity index (χ0v) is 11.5. The molecule has 4 heteroatoms. The summed E-state index contributed by atoms with van der Waals surface area (Å²) in [5, 5.41) is 3.05. The van der Waals surface area contributed by atoms with Crippen molar-refractivity contribution in [1.29, 1.82) is 0 Å². The van der Waals surface area contributed by atoms with Gasteiger partial charge in [-0.15, -0.1) is 0 Å². The van der Waals surface area contributed by atoms with Crippen LogP contribution in [0.5, 0.6) is 0 Å². The monoisotopic (exact) mass is 252 g/mol. The number of likely N-dealkylation sites (tertiary alicyclic amines) is 1. The summed E-state index contributed by atoms with van der Waals surface area (Å²) in [7, 11) is 1.99. The van der Waals surface area contributed by atoms with Crippen LogP contribution in [0.3, 0.4) is 0 Å². The highest BCUT2D eigenvalue weighted by Crippen LogP contribution is 2.31. The van der Waals surface area contributed by atoms with Crippen molar-refractivity contribution in [3.05, 3.63) is 0 Å². The van der Waals surface area contributed by atoms with Crippen LogP contribution in [0.2, 0.25) is 0 Å². The molecule has 0 radical (unpaired) electrons. The minimum absolute atomic E-state index is 0.0245. The topological polar surface area (TPSA) is 49.4 Å². The SMILES string of the molecule is CN1CCC[C@@]1(C)C(=O)NC1(C=O)CCCCC1. The second kappa shape index (κ2) is 5.00. The Labute approximate surface area is 109 Å². The van der Waals surface area contributed by atoms with Crippen molar-refractivity contribution < 1.29 is 9.59 Å². The molecule has 4 nitrogen and oxygen atoms in total. The molecule has 1 saturated carbocycles. The number of hydrogen-bond donors (Lipinski definition) is 1. The first-order chi connectivity index (χ1) is 8.52. The number of carbonyl (C=O) groups excluding carboxylic acids is 2. The first kappa shape index (κ1) is 13.5. The molecule has 1 atom stereocenters. The lowest BCUT2D eigenvalue weighted by atomic mass is 9.82. The molecule has 1 aliphatic carbocycles. The summed E-state index contributed by atoms with van der Waals surface area (Å²) in [5.41, 5.74) is -1.03. The van der Waals surface area contributed by atoms with Gasteiger partial charge in [-0.2, -0.15) is 0 Å². The minimum atomic E-state index is -0.595.